The van der Waals surface area contributed by atoms with Gasteiger partial charge in [0.1, 0.15) is 0 Å². The number of para-hydroxylation sites is 2. The first-order valence-electron chi connectivity index (χ1n) is 9.19. The van der Waals surface area contributed by atoms with Gasteiger partial charge in [-0.05, 0) is 53.7 Å². The van der Waals surface area contributed by atoms with Crippen LogP contribution in [0.5, 0.6) is 0 Å². The van der Waals surface area contributed by atoms with E-state index in [1.54, 1.807) is 0 Å². The monoisotopic (exact) mass is 352 g/mol. The third-order valence-electron chi connectivity index (χ3n) is 5.03. The highest BCUT2D eigenvalue weighted by molar-refractivity contribution is 7.80. The second kappa shape index (κ2) is 7.17. The molecule has 1 aliphatic heterocycles. The maximum absolute atomic E-state index is 5.93. The fraction of sp³-hybridized carbons (Fsp3) is 0.409. The summed E-state index contributed by atoms with van der Waals surface area (Å²) in [5.41, 5.74) is 6.60. The highest BCUT2D eigenvalue weighted by Gasteiger charge is 2.31. The van der Waals surface area contributed by atoms with Crippen LogP contribution in [0.4, 0.5) is 11.4 Å². The first-order chi connectivity index (χ1) is 11.9. The lowest BCUT2D eigenvalue weighted by atomic mass is 9.92. The molecule has 0 aliphatic carbocycles. The average Bonchev–Trinajstić information content (AvgIpc) is 2.95. The van der Waals surface area contributed by atoms with E-state index in [4.69, 9.17) is 12.2 Å². The Labute approximate surface area is 157 Å². The number of nitrogens with zero attached hydrogens (tertiary/aromatic N) is 2. The average molecular weight is 353 g/mol. The number of benzene rings is 2. The van der Waals surface area contributed by atoms with E-state index < -0.39 is 0 Å². The van der Waals surface area contributed by atoms with Crippen LogP contribution in [0, 0.1) is 6.92 Å². The molecule has 0 radical (unpaired) electrons. The van der Waals surface area contributed by atoms with Gasteiger partial charge in [0.15, 0.2) is 5.11 Å². The van der Waals surface area contributed by atoms with Crippen LogP contribution in [0.15, 0.2) is 42.5 Å². The van der Waals surface area contributed by atoms with Crippen LogP contribution in [-0.2, 0) is 0 Å². The van der Waals surface area contributed by atoms with Gasteiger partial charge in [0, 0.05) is 18.8 Å². The largest absolute Gasteiger partial charge is 0.317 e. The molecule has 0 amide bonds. The molecule has 2 nitrogen and oxygen atoms in total. The van der Waals surface area contributed by atoms with Gasteiger partial charge < -0.3 is 9.80 Å². The Morgan fingerprint density at radius 1 is 0.800 bits per heavy atom. The lowest BCUT2D eigenvalue weighted by Gasteiger charge is -2.29. The molecule has 0 unspecified atom stereocenters. The van der Waals surface area contributed by atoms with Crippen molar-refractivity contribution in [1.29, 1.82) is 0 Å². The van der Waals surface area contributed by atoms with Gasteiger partial charge in [0.05, 0.1) is 5.69 Å². The van der Waals surface area contributed by atoms with E-state index >= 15 is 0 Å². The van der Waals surface area contributed by atoms with Gasteiger partial charge in [-0.3, -0.25) is 0 Å². The number of thiocarbonyl (C=S) groups is 1. The lowest BCUT2D eigenvalue weighted by Crippen LogP contribution is -2.33. The molecule has 1 fully saturated rings. The van der Waals surface area contributed by atoms with E-state index in [0.29, 0.717) is 11.8 Å². The molecule has 2 aromatic carbocycles. The maximum atomic E-state index is 5.93. The van der Waals surface area contributed by atoms with Crippen molar-refractivity contribution in [3.05, 3.63) is 59.2 Å². The smallest absolute Gasteiger partial charge is 0.180 e. The molecule has 25 heavy (non-hydrogen) atoms. The second-order valence-electron chi connectivity index (χ2n) is 7.47. The minimum absolute atomic E-state index is 0.476. The van der Waals surface area contributed by atoms with Crippen molar-refractivity contribution in [3.8, 4) is 0 Å². The molecule has 3 heteroatoms. The van der Waals surface area contributed by atoms with E-state index in [1.807, 2.05) is 0 Å². The molecule has 1 heterocycles. The fourth-order valence-electron chi connectivity index (χ4n) is 3.66. The standard InChI is InChI=1S/C22H28N2S/c1-15(2)18-10-8-11-19(16(3)4)21(18)24-14-13-23(22(24)25)20-12-7-6-9-17(20)5/h6-12,15-16H,13-14H2,1-5H3. The highest BCUT2D eigenvalue weighted by Crippen LogP contribution is 2.38. The van der Waals surface area contributed by atoms with Crippen molar-refractivity contribution in [3.63, 3.8) is 0 Å². The summed E-state index contributed by atoms with van der Waals surface area (Å²) in [5, 5.41) is 0.921. The van der Waals surface area contributed by atoms with Gasteiger partial charge in [0.25, 0.3) is 0 Å². The van der Waals surface area contributed by atoms with Crippen LogP contribution in [0.3, 0.4) is 0 Å². The quantitative estimate of drug-likeness (QED) is 0.637. The Bertz CT molecular complexity index is 753. The zero-order valence-electron chi connectivity index (χ0n) is 15.9. The number of anilines is 2. The Morgan fingerprint density at radius 2 is 1.36 bits per heavy atom. The van der Waals surface area contributed by atoms with E-state index in [0.717, 1.165) is 18.2 Å². The van der Waals surface area contributed by atoms with E-state index in [-0.39, 0.29) is 0 Å². The molecule has 1 saturated heterocycles. The van der Waals surface area contributed by atoms with Crippen LogP contribution < -0.4 is 9.80 Å². The summed E-state index contributed by atoms with van der Waals surface area (Å²) in [5.74, 6) is 0.952. The van der Waals surface area contributed by atoms with Gasteiger partial charge >= 0.3 is 0 Å². The van der Waals surface area contributed by atoms with Crippen LogP contribution in [0.25, 0.3) is 0 Å². The summed E-state index contributed by atoms with van der Waals surface area (Å²) in [6.45, 7) is 13.1. The predicted octanol–water partition coefficient (Wildman–Crippen LogP) is 5.85. The van der Waals surface area contributed by atoms with Gasteiger partial charge in [-0.2, -0.15) is 0 Å². The van der Waals surface area contributed by atoms with Crippen molar-refractivity contribution in [2.24, 2.45) is 0 Å². The predicted molar refractivity (Wildman–Crippen MR) is 113 cm³/mol. The highest BCUT2D eigenvalue weighted by atomic mass is 32.1. The van der Waals surface area contributed by atoms with Crippen molar-refractivity contribution in [1.82, 2.24) is 0 Å². The van der Waals surface area contributed by atoms with Crippen LogP contribution >= 0.6 is 12.2 Å². The number of hydrogen-bond donors (Lipinski definition) is 0. The van der Waals surface area contributed by atoms with Gasteiger partial charge in [-0.1, -0.05) is 64.1 Å². The van der Waals surface area contributed by atoms with Crippen LogP contribution in [0.1, 0.15) is 56.2 Å². The van der Waals surface area contributed by atoms with Gasteiger partial charge in [0.2, 0.25) is 0 Å². The minimum atomic E-state index is 0.476. The van der Waals surface area contributed by atoms with Crippen LogP contribution in [-0.4, -0.2) is 18.2 Å². The van der Waals surface area contributed by atoms with E-state index in [2.05, 4.69) is 86.9 Å². The van der Waals surface area contributed by atoms with E-state index in [1.165, 1.54) is 28.1 Å². The van der Waals surface area contributed by atoms with Crippen molar-refractivity contribution >= 4 is 28.7 Å². The first-order valence-corrected chi connectivity index (χ1v) is 9.60. The Hall–Kier alpha value is -1.87. The molecule has 0 spiro atoms. The van der Waals surface area contributed by atoms with Crippen molar-refractivity contribution in [2.75, 3.05) is 22.9 Å². The molecular formula is C22H28N2S. The molecule has 3 rings (SSSR count). The third kappa shape index (κ3) is 3.30. The number of hydrogen-bond acceptors (Lipinski definition) is 1. The SMILES string of the molecule is Cc1ccccc1N1CCN(c2c(C(C)C)cccc2C(C)C)C1=S. The molecule has 2 aromatic rings. The zero-order valence-corrected chi connectivity index (χ0v) is 16.7. The number of aryl methyl sites for hydroxylation is 1. The lowest BCUT2D eigenvalue weighted by molar-refractivity contribution is 0.825. The number of rotatable bonds is 4. The molecule has 1 aliphatic rings. The topological polar surface area (TPSA) is 6.48 Å². The Balaban J connectivity index is 2.04. The molecule has 0 atom stereocenters. The molecule has 132 valence electrons. The Morgan fingerprint density at radius 3 is 1.92 bits per heavy atom. The minimum Gasteiger partial charge on any atom is -0.317 e. The molecule has 0 saturated carbocycles. The third-order valence-corrected chi connectivity index (χ3v) is 5.47. The summed E-state index contributed by atoms with van der Waals surface area (Å²) < 4.78 is 0. The summed E-state index contributed by atoms with van der Waals surface area (Å²) in [4.78, 5) is 4.64. The summed E-state index contributed by atoms with van der Waals surface area (Å²) in [7, 11) is 0. The molecular weight excluding hydrogens is 324 g/mol. The summed E-state index contributed by atoms with van der Waals surface area (Å²) in [6, 6.07) is 15.2. The molecule has 0 N–H and O–H groups in total. The van der Waals surface area contributed by atoms with Crippen molar-refractivity contribution in [2.45, 2.75) is 46.5 Å². The summed E-state index contributed by atoms with van der Waals surface area (Å²) >= 11 is 5.93. The maximum Gasteiger partial charge on any atom is 0.180 e. The van der Waals surface area contributed by atoms with E-state index in [9.17, 15) is 0 Å². The molecule has 0 bridgehead atoms. The van der Waals surface area contributed by atoms with Crippen molar-refractivity contribution < 1.29 is 0 Å². The fourth-order valence-corrected chi connectivity index (χ4v) is 4.03. The normalized spacial score (nSPS) is 14.9. The first kappa shape index (κ1) is 17.9. The summed E-state index contributed by atoms with van der Waals surface area (Å²) in [6.07, 6.45) is 0. The van der Waals surface area contributed by atoms with Crippen LogP contribution in [0.2, 0.25) is 0 Å². The zero-order chi connectivity index (χ0) is 18.1. The van der Waals surface area contributed by atoms with Gasteiger partial charge in [-0.15, -0.1) is 0 Å². The second-order valence-corrected chi connectivity index (χ2v) is 7.83. The van der Waals surface area contributed by atoms with Gasteiger partial charge in [-0.25, -0.2) is 0 Å². The molecule has 0 aromatic heterocycles. The Kier molecular flexibility index (Phi) is 5.14.